The summed E-state index contributed by atoms with van der Waals surface area (Å²) in [4.78, 5) is 0. The monoisotopic (exact) mass is 343 g/mol. The standard InChI is InChI=1S/C17H14BrNO2/c1-2-12-4-3-5-14(8-12)19-11-13-9-15(18)17-16(10-13)20-6-7-21-17/h1,3-5,8-10,19H,6-7,11H2. The van der Waals surface area contributed by atoms with Crippen LogP contribution in [0.4, 0.5) is 5.69 Å². The molecule has 4 heteroatoms. The summed E-state index contributed by atoms with van der Waals surface area (Å²) in [6.07, 6.45) is 5.41. The van der Waals surface area contributed by atoms with E-state index in [1.165, 1.54) is 0 Å². The molecule has 1 N–H and O–H groups in total. The molecule has 0 saturated carbocycles. The number of nitrogens with one attached hydrogen (secondary N) is 1. The lowest BCUT2D eigenvalue weighted by molar-refractivity contribution is 0.170. The van der Waals surface area contributed by atoms with Crippen molar-refractivity contribution in [3.05, 3.63) is 52.0 Å². The van der Waals surface area contributed by atoms with Gasteiger partial charge in [-0.2, -0.15) is 0 Å². The minimum Gasteiger partial charge on any atom is -0.486 e. The highest BCUT2D eigenvalue weighted by Crippen LogP contribution is 2.38. The molecule has 1 heterocycles. The minimum atomic E-state index is 0.584. The van der Waals surface area contributed by atoms with Crippen molar-refractivity contribution < 1.29 is 9.47 Å². The Kier molecular flexibility index (Phi) is 4.03. The Hall–Kier alpha value is -2.12. The smallest absolute Gasteiger partial charge is 0.175 e. The van der Waals surface area contributed by atoms with Gasteiger partial charge in [0, 0.05) is 17.8 Å². The average Bonchev–Trinajstić information content (AvgIpc) is 2.53. The van der Waals surface area contributed by atoms with Crippen LogP contribution in [0.15, 0.2) is 40.9 Å². The van der Waals surface area contributed by atoms with Gasteiger partial charge >= 0.3 is 0 Å². The largest absolute Gasteiger partial charge is 0.486 e. The Morgan fingerprint density at radius 3 is 2.90 bits per heavy atom. The van der Waals surface area contributed by atoms with Gasteiger partial charge in [-0.1, -0.05) is 12.0 Å². The van der Waals surface area contributed by atoms with Crippen LogP contribution in [0, 0.1) is 12.3 Å². The average molecular weight is 344 g/mol. The summed E-state index contributed by atoms with van der Waals surface area (Å²) in [5, 5.41) is 3.36. The normalized spacial score (nSPS) is 12.6. The Morgan fingerprint density at radius 2 is 2.05 bits per heavy atom. The number of benzene rings is 2. The first-order valence-corrected chi connectivity index (χ1v) is 7.44. The van der Waals surface area contributed by atoms with E-state index in [-0.39, 0.29) is 0 Å². The summed E-state index contributed by atoms with van der Waals surface area (Å²) in [7, 11) is 0. The van der Waals surface area contributed by atoms with Gasteiger partial charge in [0.25, 0.3) is 0 Å². The fraction of sp³-hybridized carbons (Fsp3) is 0.176. The highest BCUT2D eigenvalue weighted by Gasteiger charge is 2.16. The van der Waals surface area contributed by atoms with Crippen LogP contribution in [0.1, 0.15) is 11.1 Å². The van der Waals surface area contributed by atoms with E-state index in [1.807, 2.05) is 36.4 Å². The van der Waals surface area contributed by atoms with E-state index in [9.17, 15) is 0 Å². The third-order valence-electron chi connectivity index (χ3n) is 3.18. The number of hydrogen-bond acceptors (Lipinski definition) is 3. The van der Waals surface area contributed by atoms with Crippen molar-refractivity contribution in [3.63, 3.8) is 0 Å². The number of ether oxygens (including phenoxy) is 2. The van der Waals surface area contributed by atoms with Crippen molar-refractivity contribution in [3.8, 4) is 23.8 Å². The van der Waals surface area contributed by atoms with E-state index in [2.05, 4.69) is 27.2 Å². The molecule has 0 spiro atoms. The third kappa shape index (κ3) is 3.14. The Morgan fingerprint density at radius 1 is 1.19 bits per heavy atom. The number of fused-ring (bicyclic) bond motifs is 1. The molecule has 3 rings (SSSR count). The Labute approximate surface area is 132 Å². The van der Waals surface area contributed by atoms with Gasteiger partial charge in [0.1, 0.15) is 13.2 Å². The van der Waals surface area contributed by atoms with Crippen LogP contribution in [0.25, 0.3) is 0 Å². The van der Waals surface area contributed by atoms with Crippen LogP contribution in [0.5, 0.6) is 11.5 Å². The van der Waals surface area contributed by atoms with Crippen LogP contribution < -0.4 is 14.8 Å². The Balaban J connectivity index is 1.76. The maximum atomic E-state index is 5.62. The fourth-order valence-electron chi connectivity index (χ4n) is 2.19. The number of hydrogen-bond donors (Lipinski definition) is 1. The molecular formula is C17H14BrNO2. The van der Waals surface area contributed by atoms with E-state index in [0.29, 0.717) is 19.8 Å². The van der Waals surface area contributed by atoms with Gasteiger partial charge in [0.05, 0.1) is 4.47 Å². The molecule has 21 heavy (non-hydrogen) atoms. The van der Waals surface area contributed by atoms with Crippen molar-refractivity contribution in [2.24, 2.45) is 0 Å². The van der Waals surface area contributed by atoms with Gasteiger partial charge in [0.2, 0.25) is 0 Å². The highest BCUT2D eigenvalue weighted by molar-refractivity contribution is 9.10. The molecule has 1 aliphatic rings. The number of halogens is 1. The van der Waals surface area contributed by atoms with E-state index in [1.54, 1.807) is 0 Å². The van der Waals surface area contributed by atoms with Gasteiger partial charge < -0.3 is 14.8 Å². The first-order chi connectivity index (χ1) is 10.3. The van der Waals surface area contributed by atoms with Gasteiger partial charge in [0.15, 0.2) is 11.5 Å². The first-order valence-electron chi connectivity index (χ1n) is 6.65. The van der Waals surface area contributed by atoms with Gasteiger partial charge in [-0.3, -0.25) is 0 Å². The molecule has 0 bridgehead atoms. The first kappa shape index (κ1) is 13.8. The van der Waals surface area contributed by atoms with Crippen LogP contribution >= 0.6 is 15.9 Å². The lowest BCUT2D eigenvalue weighted by Gasteiger charge is -2.20. The van der Waals surface area contributed by atoms with Crippen LogP contribution in [-0.4, -0.2) is 13.2 Å². The molecule has 0 saturated heterocycles. The second kappa shape index (κ2) is 6.11. The quantitative estimate of drug-likeness (QED) is 0.859. The third-order valence-corrected chi connectivity index (χ3v) is 3.77. The van der Waals surface area contributed by atoms with Crippen molar-refractivity contribution in [2.75, 3.05) is 18.5 Å². The number of anilines is 1. The lowest BCUT2D eigenvalue weighted by Crippen LogP contribution is -2.16. The predicted octanol–water partition coefficient (Wildman–Crippen LogP) is 3.81. The zero-order valence-electron chi connectivity index (χ0n) is 11.4. The van der Waals surface area contributed by atoms with Crippen molar-refractivity contribution in [1.29, 1.82) is 0 Å². The minimum absolute atomic E-state index is 0.584. The topological polar surface area (TPSA) is 30.5 Å². The maximum absolute atomic E-state index is 5.62. The van der Waals surface area contributed by atoms with E-state index in [4.69, 9.17) is 15.9 Å². The van der Waals surface area contributed by atoms with Gasteiger partial charge in [-0.15, -0.1) is 6.42 Å². The van der Waals surface area contributed by atoms with E-state index >= 15 is 0 Å². The van der Waals surface area contributed by atoms with Crippen LogP contribution in [0.3, 0.4) is 0 Å². The molecule has 0 fully saturated rings. The van der Waals surface area contributed by atoms with E-state index < -0.39 is 0 Å². The van der Waals surface area contributed by atoms with Gasteiger partial charge in [-0.05, 0) is 51.8 Å². The highest BCUT2D eigenvalue weighted by atomic mass is 79.9. The summed E-state index contributed by atoms with van der Waals surface area (Å²) in [5.41, 5.74) is 2.97. The van der Waals surface area contributed by atoms with Crippen LogP contribution in [-0.2, 0) is 6.54 Å². The molecule has 0 aliphatic carbocycles. The molecule has 2 aromatic rings. The molecule has 0 radical (unpaired) electrons. The molecule has 2 aromatic carbocycles. The molecular weight excluding hydrogens is 330 g/mol. The lowest BCUT2D eigenvalue weighted by atomic mass is 10.1. The zero-order chi connectivity index (χ0) is 14.7. The summed E-state index contributed by atoms with van der Waals surface area (Å²) in [6.45, 7) is 1.85. The molecule has 0 unspecified atom stereocenters. The summed E-state index contributed by atoms with van der Waals surface area (Å²) in [6, 6.07) is 11.8. The molecule has 106 valence electrons. The maximum Gasteiger partial charge on any atom is 0.175 e. The molecule has 0 aromatic heterocycles. The summed E-state index contributed by atoms with van der Waals surface area (Å²) >= 11 is 3.52. The Bertz CT molecular complexity index is 706. The SMILES string of the molecule is C#Cc1cccc(NCc2cc(Br)c3c(c2)OCCO3)c1. The summed E-state index contributed by atoms with van der Waals surface area (Å²) < 4.78 is 12.1. The molecule has 3 nitrogen and oxygen atoms in total. The second-order valence-corrected chi connectivity index (χ2v) is 5.53. The molecule has 0 amide bonds. The summed E-state index contributed by atoms with van der Waals surface area (Å²) in [5.74, 6) is 4.19. The van der Waals surface area contributed by atoms with E-state index in [0.717, 1.165) is 32.8 Å². The fourth-order valence-corrected chi connectivity index (χ4v) is 2.79. The van der Waals surface area contributed by atoms with Crippen LogP contribution in [0.2, 0.25) is 0 Å². The zero-order valence-corrected chi connectivity index (χ0v) is 12.9. The van der Waals surface area contributed by atoms with Crippen molar-refractivity contribution >= 4 is 21.6 Å². The second-order valence-electron chi connectivity index (χ2n) is 4.68. The molecule has 1 aliphatic heterocycles. The molecule has 0 atom stereocenters. The van der Waals surface area contributed by atoms with Gasteiger partial charge in [-0.25, -0.2) is 0 Å². The predicted molar refractivity (Wildman–Crippen MR) is 86.8 cm³/mol. The van der Waals surface area contributed by atoms with Crippen molar-refractivity contribution in [2.45, 2.75) is 6.54 Å². The van der Waals surface area contributed by atoms with Crippen molar-refractivity contribution in [1.82, 2.24) is 0 Å². The number of terminal acetylenes is 1. The number of rotatable bonds is 3.